The first-order valence-corrected chi connectivity index (χ1v) is 5.49. The number of nitrogens with one attached hydrogen (secondary N) is 1. The fourth-order valence-corrected chi connectivity index (χ4v) is 1.65. The first-order chi connectivity index (χ1) is 7.22. The van der Waals surface area contributed by atoms with Crippen LogP contribution in [-0.2, 0) is 9.53 Å². The monoisotopic (exact) mass is 216 g/mol. The van der Waals surface area contributed by atoms with E-state index in [-0.39, 0.29) is 12.5 Å². The van der Waals surface area contributed by atoms with E-state index >= 15 is 0 Å². The molecule has 5 nitrogen and oxygen atoms in total. The molecule has 1 aliphatic heterocycles. The lowest BCUT2D eigenvalue weighted by Crippen LogP contribution is -2.46. The Kier molecular flexibility index (Phi) is 5.60. The largest absolute Gasteiger partial charge is 0.481 e. The quantitative estimate of drug-likeness (QED) is 0.601. The van der Waals surface area contributed by atoms with E-state index < -0.39 is 5.97 Å². The molecule has 1 atom stereocenters. The summed E-state index contributed by atoms with van der Waals surface area (Å²) in [6.45, 7) is 7.16. The van der Waals surface area contributed by atoms with Gasteiger partial charge in [0.1, 0.15) is 0 Å². The summed E-state index contributed by atoms with van der Waals surface area (Å²) >= 11 is 0. The van der Waals surface area contributed by atoms with Gasteiger partial charge in [-0.3, -0.25) is 9.69 Å². The Morgan fingerprint density at radius 3 is 3.13 bits per heavy atom. The number of aliphatic carboxylic acids is 1. The Labute approximate surface area is 90.4 Å². The molecule has 88 valence electrons. The highest BCUT2D eigenvalue weighted by Gasteiger charge is 2.18. The molecular weight excluding hydrogens is 196 g/mol. The van der Waals surface area contributed by atoms with Gasteiger partial charge >= 0.3 is 5.97 Å². The lowest BCUT2D eigenvalue weighted by Gasteiger charge is -2.32. The Morgan fingerprint density at radius 1 is 1.67 bits per heavy atom. The molecule has 0 amide bonds. The van der Waals surface area contributed by atoms with E-state index in [0.717, 1.165) is 32.8 Å². The fourth-order valence-electron chi connectivity index (χ4n) is 1.65. The number of hydrogen-bond acceptors (Lipinski definition) is 4. The minimum absolute atomic E-state index is 0.171. The molecule has 5 heteroatoms. The van der Waals surface area contributed by atoms with Crippen LogP contribution in [0.2, 0.25) is 0 Å². The van der Waals surface area contributed by atoms with Crippen molar-refractivity contribution >= 4 is 5.97 Å². The van der Waals surface area contributed by atoms with Gasteiger partial charge in [0.2, 0.25) is 0 Å². The van der Waals surface area contributed by atoms with Crippen LogP contribution in [-0.4, -0.2) is 61.4 Å². The minimum atomic E-state index is -0.762. The third kappa shape index (κ3) is 5.11. The van der Waals surface area contributed by atoms with Crippen molar-refractivity contribution in [2.24, 2.45) is 0 Å². The summed E-state index contributed by atoms with van der Waals surface area (Å²) in [5.41, 5.74) is 0. The second-order valence-corrected chi connectivity index (χ2v) is 3.73. The summed E-state index contributed by atoms with van der Waals surface area (Å²) < 4.78 is 5.57. The number of carbonyl (C=O) groups is 1. The van der Waals surface area contributed by atoms with E-state index in [1.807, 2.05) is 0 Å². The molecule has 0 spiro atoms. The van der Waals surface area contributed by atoms with E-state index in [1.54, 1.807) is 0 Å². The van der Waals surface area contributed by atoms with E-state index in [2.05, 4.69) is 17.1 Å². The van der Waals surface area contributed by atoms with Crippen LogP contribution in [0.4, 0.5) is 0 Å². The summed E-state index contributed by atoms with van der Waals surface area (Å²) in [5, 5.41) is 11.5. The maximum Gasteiger partial charge on any atom is 0.304 e. The molecule has 0 radical (unpaired) electrons. The first-order valence-electron chi connectivity index (χ1n) is 5.49. The zero-order chi connectivity index (χ0) is 11.1. The zero-order valence-electron chi connectivity index (χ0n) is 9.24. The lowest BCUT2D eigenvalue weighted by atomic mass is 10.2. The molecule has 1 rings (SSSR count). The molecule has 1 heterocycles. The van der Waals surface area contributed by atoms with Crippen LogP contribution >= 0.6 is 0 Å². The standard InChI is InChI=1S/C10H20N2O3/c1-2-12-5-6-15-9(8-12)7-11-4-3-10(13)14/h9,11H,2-8H2,1H3,(H,13,14). The molecular formula is C10H20N2O3. The van der Waals surface area contributed by atoms with Crippen molar-refractivity contribution in [1.82, 2.24) is 10.2 Å². The number of rotatable bonds is 6. The second-order valence-electron chi connectivity index (χ2n) is 3.73. The highest BCUT2D eigenvalue weighted by molar-refractivity contribution is 5.66. The van der Waals surface area contributed by atoms with Crippen molar-refractivity contribution < 1.29 is 14.6 Å². The maximum absolute atomic E-state index is 10.3. The average molecular weight is 216 g/mol. The van der Waals surface area contributed by atoms with Gasteiger partial charge in [-0.05, 0) is 6.54 Å². The molecule has 1 unspecified atom stereocenters. The molecule has 1 saturated heterocycles. The molecule has 0 aliphatic carbocycles. The number of morpholine rings is 1. The Hall–Kier alpha value is -0.650. The second kappa shape index (κ2) is 6.76. The summed E-state index contributed by atoms with van der Waals surface area (Å²) in [6.07, 6.45) is 0.372. The van der Waals surface area contributed by atoms with Gasteiger partial charge in [0.05, 0.1) is 19.1 Å². The molecule has 0 aromatic carbocycles. The zero-order valence-corrected chi connectivity index (χ0v) is 9.24. The van der Waals surface area contributed by atoms with Crippen LogP contribution in [0.25, 0.3) is 0 Å². The molecule has 0 aromatic heterocycles. The number of ether oxygens (including phenoxy) is 1. The third-order valence-corrected chi connectivity index (χ3v) is 2.56. The van der Waals surface area contributed by atoms with E-state index in [4.69, 9.17) is 9.84 Å². The van der Waals surface area contributed by atoms with Crippen LogP contribution in [0.5, 0.6) is 0 Å². The Balaban J connectivity index is 2.07. The van der Waals surface area contributed by atoms with Gasteiger partial charge in [-0.2, -0.15) is 0 Å². The van der Waals surface area contributed by atoms with Crippen molar-refractivity contribution in [2.75, 3.05) is 39.3 Å². The van der Waals surface area contributed by atoms with Crippen LogP contribution in [0.15, 0.2) is 0 Å². The number of nitrogens with zero attached hydrogens (tertiary/aromatic N) is 1. The number of hydrogen-bond donors (Lipinski definition) is 2. The van der Waals surface area contributed by atoms with Gasteiger partial charge in [0.25, 0.3) is 0 Å². The molecule has 0 saturated carbocycles. The highest BCUT2D eigenvalue weighted by Crippen LogP contribution is 2.03. The van der Waals surface area contributed by atoms with Gasteiger partial charge in [0.15, 0.2) is 0 Å². The summed E-state index contributed by atoms with van der Waals surface area (Å²) in [4.78, 5) is 12.6. The number of carboxylic acid groups (broad SMARTS) is 1. The SMILES string of the molecule is CCN1CCOC(CNCCC(=O)O)C1. The fraction of sp³-hybridized carbons (Fsp3) is 0.900. The number of carboxylic acids is 1. The van der Waals surface area contributed by atoms with Crippen molar-refractivity contribution in [1.29, 1.82) is 0 Å². The van der Waals surface area contributed by atoms with Crippen LogP contribution in [0.3, 0.4) is 0 Å². The predicted octanol–water partition coefficient (Wildman–Crippen LogP) is -0.229. The van der Waals surface area contributed by atoms with Crippen molar-refractivity contribution in [3.63, 3.8) is 0 Å². The van der Waals surface area contributed by atoms with E-state index in [1.165, 1.54) is 0 Å². The summed E-state index contributed by atoms with van der Waals surface area (Å²) in [7, 11) is 0. The van der Waals surface area contributed by atoms with Crippen molar-refractivity contribution in [3.8, 4) is 0 Å². The van der Waals surface area contributed by atoms with E-state index in [0.29, 0.717) is 6.54 Å². The van der Waals surface area contributed by atoms with E-state index in [9.17, 15) is 4.79 Å². The molecule has 2 N–H and O–H groups in total. The molecule has 1 aliphatic rings. The highest BCUT2D eigenvalue weighted by atomic mass is 16.5. The van der Waals surface area contributed by atoms with Gasteiger partial charge in [-0.1, -0.05) is 6.92 Å². The molecule has 0 aromatic rings. The van der Waals surface area contributed by atoms with Crippen LogP contribution < -0.4 is 5.32 Å². The van der Waals surface area contributed by atoms with Crippen LogP contribution in [0.1, 0.15) is 13.3 Å². The smallest absolute Gasteiger partial charge is 0.304 e. The topological polar surface area (TPSA) is 61.8 Å². The van der Waals surface area contributed by atoms with Crippen LogP contribution in [0, 0.1) is 0 Å². The Bertz CT molecular complexity index is 199. The van der Waals surface area contributed by atoms with Gasteiger partial charge in [-0.15, -0.1) is 0 Å². The van der Waals surface area contributed by atoms with Gasteiger partial charge in [-0.25, -0.2) is 0 Å². The third-order valence-electron chi connectivity index (χ3n) is 2.56. The lowest BCUT2D eigenvalue weighted by molar-refractivity contribution is -0.136. The van der Waals surface area contributed by atoms with Gasteiger partial charge < -0.3 is 15.2 Å². The molecule has 0 bridgehead atoms. The summed E-state index contributed by atoms with van der Waals surface area (Å²) in [6, 6.07) is 0. The minimum Gasteiger partial charge on any atom is -0.481 e. The normalized spacial score (nSPS) is 22.9. The average Bonchev–Trinajstić information content (AvgIpc) is 2.24. The summed E-state index contributed by atoms with van der Waals surface area (Å²) in [5.74, 6) is -0.762. The van der Waals surface area contributed by atoms with Crippen molar-refractivity contribution in [2.45, 2.75) is 19.4 Å². The molecule has 1 fully saturated rings. The van der Waals surface area contributed by atoms with Crippen molar-refractivity contribution in [3.05, 3.63) is 0 Å². The van der Waals surface area contributed by atoms with Gasteiger partial charge in [0, 0.05) is 26.2 Å². The number of likely N-dealkylation sites (N-methyl/N-ethyl adjacent to an activating group) is 1. The maximum atomic E-state index is 10.3. The Morgan fingerprint density at radius 2 is 2.47 bits per heavy atom. The first kappa shape index (κ1) is 12.4. The predicted molar refractivity (Wildman–Crippen MR) is 57.0 cm³/mol. The molecule has 15 heavy (non-hydrogen) atoms.